The summed E-state index contributed by atoms with van der Waals surface area (Å²) in [5, 5.41) is 19.5. The van der Waals surface area contributed by atoms with Crippen LogP contribution in [0.4, 0.5) is 10.5 Å². The molecule has 0 aliphatic carbocycles. The summed E-state index contributed by atoms with van der Waals surface area (Å²) >= 11 is 0. The third-order valence-corrected chi connectivity index (χ3v) is 3.17. The van der Waals surface area contributed by atoms with Crippen molar-refractivity contribution in [1.82, 2.24) is 4.90 Å². The van der Waals surface area contributed by atoms with Gasteiger partial charge in [0, 0.05) is 18.6 Å². The number of nitro groups is 1. The van der Waals surface area contributed by atoms with Crippen LogP contribution in [-0.2, 0) is 20.9 Å². The van der Waals surface area contributed by atoms with Crippen molar-refractivity contribution in [2.75, 3.05) is 6.54 Å². The van der Waals surface area contributed by atoms with E-state index in [4.69, 9.17) is 9.84 Å². The number of hydrogen-bond acceptors (Lipinski definition) is 6. The van der Waals surface area contributed by atoms with Gasteiger partial charge in [-0.25, -0.2) is 9.59 Å². The van der Waals surface area contributed by atoms with Crippen molar-refractivity contribution in [3.05, 3.63) is 39.9 Å². The van der Waals surface area contributed by atoms with Gasteiger partial charge < -0.3 is 9.84 Å². The van der Waals surface area contributed by atoms with Crippen molar-refractivity contribution in [2.24, 2.45) is 0 Å². The summed E-state index contributed by atoms with van der Waals surface area (Å²) in [5.41, 5.74) is 0.419. The van der Waals surface area contributed by atoms with E-state index in [9.17, 15) is 24.5 Å². The molecule has 1 aromatic carbocycles. The fourth-order valence-electron chi connectivity index (χ4n) is 2.04. The maximum absolute atomic E-state index is 11.8. The van der Waals surface area contributed by atoms with E-state index in [-0.39, 0.29) is 31.0 Å². The first-order chi connectivity index (χ1) is 10.4. The van der Waals surface area contributed by atoms with Gasteiger partial charge in [-0.1, -0.05) is 0 Å². The summed E-state index contributed by atoms with van der Waals surface area (Å²) in [5.74, 6) is -1.61. The standard InChI is InChI=1S/C13H12N2O7/c16-10-5-11(12(17)18)14(6-10)13(19)22-7-8-1-3-9(4-2-8)15(20)21/h1-4,11H,5-7H2,(H,17,18)/t11-/m0/s1. The molecule has 0 bridgehead atoms. The zero-order valence-corrected chi connectivity index (χ0v) is 11.3. The van der Waals surface area contributed by atoms with E-state index < -0.39 is 23.0 Å². The van der Waals surface area contributed by atoms with Crippen molar-refractivity contribution >= 4 is 23.5 Å². The number of carbonyl (C=O) groups excluding carboxylic acids is 2. The van der Waals surface area contributed by atoms with Crippen LogP contribution in [0.3, 0.4) is 0 Å². The number of ketones is 1. The number of rotatable bonds is 4. The molecule has 1 aliphatic rings. The zero-order chi connectivity index (χ0) is 16.3. The number of amides is 1. The van der Waals surface area contributed by atoms with Gasteiger partial charge in [0.05, 0.1) is 11.5 Å². The van der Waals surface area contributed by atoms with Gasteiger partial charge in [0.2, 0.25) is 0 Å². The summed E-state index contributed by atoms with van der Waals surface area (Å²) in [6, 6.07) is 4.17. The number of likely N-dealkylation sites (tertiary alicyclic amines) is 1. The van der Waals surface area contributed by atoms with Crippen molar-refractivity contribution in [3.8, 4) is 0 Å². The van der Waals surface area contributed by atoms with Crippen LogP contribution in [-0.4, -0.2) is 45.4 Å². The Morgan fingerprint density at radius 3 is 2.55 bits per heavy atom. The number of hydrogen-bond donors (Lipinski definition) is 1. The summed E-state index contributed by atoms with van der Waals surface area (Å²) in [4.78, 5) is 44.9. The molecule has 2 rings (SSSR count). The fourth-order valence-corrected chi connectivity index (χ4v) is 2.04. The van der Waals surface area contributed by atoms with Gasteiger partial charge in [0.25, 0.3) is 5.69 Å². The molecule has 0 unspecified atom stereocenters. The van der Waals surface area contributed by atoms with E-state index in [1.807, 2.05) is 0 Å². The van der Waals surface area contributed by atoms with Crippen LogP contribution in [0.25, 0.3) is 0 Å². The number of ether oxygens (including phenoxy) is 1. The molecule has 1 aliphatic heterocycles. The summed E-state index contributed by atoms with van der Waals surface area (Å²) in [7, 11) is 0. The lowest BCUT2D eigenvalue weighted by atomic mass is 10.2. The van der Waals surface area contributed by atoms with E-state index >= 15 is 0 Å². The molecular weight excluding hydrogens is 296 g/mol. The van der Waals surface area contributed by atoms with Gasteiger partial charge in [0.15, 0.2) is 5.78 Å². The molecule has 1 amide bonds. The van der Waals surface area contributed by atoms with Crippen molar-refractivity contribution < 1.29 is 29.2 Å². The summed E-state index contributed by atoms with van der Waals surface area (Å²) < 4.78 is 4.94. The Morgan fingerprint density at radius 1 is 1.36 bits per heavy atom. The molecule has 22 heavy (non-hydrogen) atoms. The number of nitro benzene ring substituents is 1. The SMILES string of the molecule is O=C1C[C@@H](C(=O)O)N(C(=O)OCc2ccc([N+](=O)[O-])cc2)C1. The first-order valence-electron chi connectivity index (χ1n) is 6.29. The highest BCUT2D eigenvalue weighted by atomic mass is 16.6. The molecule has 1 N–H and O–H groups in total. The molecule has 1 saturated heterocycles. The molecule has 1 aromatic rings. The second kappa shape index (κ2) is 6.20. The minimum atomic E-state index is -1.27. The van der Waals surface area contributed by atoms with Gasteiger partial charge in [-0.15, -0.1) is 0 Å². The lowest BCUT2D eigenvalue weighted by molar-refractivity contribution is -0.384. The van der Waals surface area contributed by atoms with Crippen LogP contribution < -0.4 is 0 Å². The Balaban J connectivity index is 1.96. The van der Waals surface area contributed by atoms with Crippen LogP contribution in [0.1, 0.15) is 12.0 Å². The average molecular weight is 308 g/mol. The van der Waals surface area contributed by atoms with Gasteiger partial charge in [-0.05, 0) is 17.7 Å². The van der Waals surface area contributed by atoms with Gasteiger partial charge in [-0.2, -0.15) is 0 Å². The van der Waals surface area contributed by atoms with E-state index in [1.165, 1.54) is 24.3 Å². The maximum atomic E-state index is 11.8. The van der Waals surface area contributed by atoms with Gasteiger partial charge in [0.1, 0.15) is 12.6 Å². The van der Waals surface area contributed by atoms with Crippen molar-refractivity contribution in [2.45, 2.75) is 19.1 Å². The third-order valence-electron chi connectivity index (χ3n) is 3.17. The predicted molar refractivity (Wildman–Crippen MR) is 71.0 cm³/mol. The number of carboxylic acid groups (broad SMARTS) is 1. The number of non-ortho nitro benzene ring substituents is 1. The molecule has 9 nitrogen and oxygen atoms in total. The lowest BCUT2D eigenvalue weighted by Gasteiger charge is -2.19. The molecule has 116 valence electrons. The molecule has 0 spiro atoms. The number of benzene rings is 1. The maximum Gasteiger partial charge on any atom is 0.411 e. The molecule has 1 heterocycles. The average Bonchev–Trinajstić information content (AvgIpc) is 2.87. The molecule has 1 fully saturated rings. The van der Waals surface area contributed by atoms with E-state index in [1.54, 1.807) is 0 Å². The quantitative estimate of drug-likeness (QED) is 0.648. The highest BCUT2D eigenvalue weighted by molar-refractivity contribution is 5.95. The number of aliphatic carboxylic acids is 1. The molecular formula is C13H12N2O7. The molecule has 0 radical (unpaired) electrons. The predicted octanol–water partition coefficient (Wildman–Crippen LogP) is 0.959. The Morgan fingerprint density at radius 2 is 2.00 bits per heavy atom. The van der Waals surface area contributed by atoms with Crippen molar-refractivity contribution in [3.63, 3.8) is 0 Å². The van der Waals surface area contributed by atoms with Crippen LogP contribution in [0.15, 0.2) is 24.3 Å². The minimum absolute atomic E-state index is 0.0915. The molecule has 0 saturated carbocycles. The monoisotopic (exact) mass is 308 g/mol. The highest BCUT2D eigenvalue weighted by Gasteiger charge is 2.39. The largest absolute Gasteiger partial charge is 0.480 e. The zero-order valence-electron chi connectivity index (χ0n) is 11.3. The normalized spacial score (nSPS) is 17.4. The number of carboxylic acids is 1. The van der Waals surface area contributed by atoms with E-state index in [0.717, 1.165) is 4.90 Å². The van der Waals surface area contributed by atoms with Crippen molar-refractivity contribution in [1.29, 1.82) is 0 Å². The number of Topliss-reactive ketones (excluding diaryl/α,β-unsaturated/α-hetero) is 1. The van der Waals surface area contributed by atoms with Crippen LogP contribution in [0.2, 0.25) is 0 Å². The fraction of sp³-hybridized carbons (Fsp3) is 0.308. The Kier molecular flexibility index (Phi) is 4.35. The molecule has 9 heteroatoms. The smallest absolute Gasteiger partial charge is 0.411 e. The Bertz CT molecular complexity index is 626. The van der Waals surface area contributed by atoms with Crippen LogP contribution >= 0.6 is 0 Å². The second-order valence-electron chi connectivity index (χ2n) is 4.70. The van der Waals surface area contributed by atoms with Gasteiger partial charge >= 0.3 is 12.1 Å². The van der Waals surface area contributed by atoms with Crippen LogP contribution in [0.5, 0.6) is 0 Å². The lowest BCUT2D eigenvalue weighted by Crippen LogP contribution is -2.40. The first kappa shape index (κ1) is 15.4. The molecule has 0 aromatic heterocycles. The highest BCUT2D eigenvalue weighted by Crippen LogP contribution is 2.17. The number of nitrogens with zero attached hydrogens (tertiary/aromatic N) is 2. The van der Waals surface area contributed by atoms with Gasteiger partial charge in [-0.3, -0.25) is 19.8 Å². The third kappa shape index (κ3) is 3.37. The number of carbonyl (C=O) groups is 3. The topological polar surface area (TPSA) is 127 Å². The van der Waals surface area contributed by atoms with E-state index in [0.29, 0.717) is 5.56 Å². The Labute approximate surface area is 124 Å². The summed E-state index contributed by atoms with van der Waals surface area (Å²) in [6.07, 6.45) is -1.14. The second-order valence-corrected chi connectivity index (χ2v) is 4.70. The molecule has 1 atom stereocenters. The van der Waals surface area contributed by atoms with E-state index in [2.05, 4.69) is 0 Å². The summed E-state index contributed by atoms with van der Waals surface area (Å²) in [6.45, 7) is -0.468. The Hall–Kier alpha value is -2.97. The minimum Gasteiger partial charge on any atom is -0.480 e. The van der Waals surface area contributed by atoms with Crippen LogP contribution in [0, 0.1) is 10.1 Å². The first-order valence-corrected chi connectivity index (χ1v) is 6.29.